The maximum absolute atomic E-state index is 11.3. The first-order valence-corrected chi connectivity index (χ1v) is 7.51. The summed E-state index contributed by atoms with van der Waals surface area (Å²) in [4.78, 5) is 26.5. The van der Waals surface area contributed by atoms with Gasteiger partial charge >= 0.3 is 11.9 Å². The summed E-state index contributed by atoms with van der Waals surface area (Å²) in [5.41, 5.74) is 7.98. The van der Waals surface area contributed by atoms with Crippen molar-refractivity contribution >= 4 is 11.9 Å². The number of nitrogens with one attached hydrogen (secondary N) is 1. The average molecular weight is 288 g/mol. The normalized spacial score (nSPS) is 10.4. The van der Waals surface area contributed by atoms with Gasteiger partial charge in [-0.3, -0.25) is 9.59 Å². The molecule has 0 unspecified atom stereocenters. The van der Waals surface area contributed by atoms with Gasteiger partial charge in [-0.15, -0.1) is 0 Å². The van der Waals surface area contributed by atoms with Gasteiger partial charge in [0, 0.05) is 19.4 Å². The van der Waals surface area contributed by atoms with Crippen LogP contribution < -0.4 is 11.2 Å². The molecule has 0 atom stereocenters. The summed E-state index contributed by atoms with van der Waals surface area (Å²) in [6.07, 6.45) is 8.06. The predicted octanol–water partition coefficient (Wildman–Crippen LogP) is 1.98. The lowest BCUT2D eigenvalue weighted by molar-refractivity contribution is -0.151. The number of carboxylic acids is 1. The third kappa shape index (κ3) is 14.9. The molecule has 0 aromatic carbocycles. The van der Waals surface area contributed by atoms with Crippen LogP contribution in [0.1, 0.15) is 64.2 Å². The molecular formula is C14H28N2O4. The number of hydrogen-bond donors (Lipinski definition) is 3. The number of rotatable bonds is 14. The van der Waals surface area contributed by atoms with Gasteiger partial charge < -0.3 is 15.7 Å². The summed E-state index contributed by atoms with van der Waals surface area (Å²) in [6.45, 7) is 1.30. The fraction of sp³-hybridized carbons (Fsp3) is 0.857. The Morgan fingerprint density at radius 2 is 1.50 bits per heavy atom. The molecule has 0 bridgehead atoms. The first-order valence-electron chi connectivity index (χ1n) is 7.51. The number of hydroxylamine groups is 1. The van der Waals surface area contributed by atoms with E-state index >= 15 is 0 Å². The molecule has 118 valence electrons. The zero-order valence-corrected chi connectivity index (χ0v) is 12.2. The molecule has 0 heterocycles. The monoisotopic (exact) mass is 288 g/mol. The Balaban J connectivity index is 3.17. The first-order chi connectivity index (χ1) is 9.66. The zero-order chi connectivity index (χ0) is 15.1. The minimum absolute atomic E-state index is 0.219. The summed E-state index contributed by atoms with van der Waals surface area (Å²) in [7, 11) is 0. The van der Waals surface area contributed by atoms with Crippen molar-refractivity contribution in [2.24, 2.45) is 5.73 Å². The highest BCUT2D eigenvalue weighted by Gasteiger charge is 2.02. The summed E-state index contributed by atoms with van der Waals surface area (Å²) in [6, 6.07) is 0. The summed E-state index contributed by atoms with van der Waals surface area (Å²) < 4.78 is 0. The number of nitrogens with two attached hydrogens (primary N) is 1. The second kappa shape index (κ2) is 14.3. The number of carboxylic acid groups (broad SMARTS) is 1. The number of carbonyl (C=O) groups excluding carboxylic acids is 1. The lowest BCUT2D eigenvalue weighted by atomic mass is 10.1. The van der Waals surface area contributed by atoms with Gasteiger partial charge in [0.1, 0.15) is 0 Å². The third-order valence-corrected chi connectivity index (χ3v) is 2.94. The molecule has 0 aliphatic carbocycles. The Bertz CT molecular complexity index is 260. The summed E-state index contributed by atoms with van der Waals surface area (Å²) in [5.74, 6) is -0.949. The Hall–Kier alpha value is -1.14. The molecule has 0 amide bonds. The second-order valence-electron chi connectivity index (χ2n) is 4.88. The lowest BCUT2D eigenvalue weighted by Gasteiger charge is -2.05. The fourth-order valence-electron chi connectivity index (χ4n) is 1.78. The van der Waals surface area contributed by atoms with Gasteiger partial charge in [0.25, 0.3) is 0 Å². The molecule has 6 heteroatoms. The van der Waals surface area contributed by atoms with E-state index in [-0.39, 0.29) is 12.4 Å². The van der Waals surface area contributed by atoms with E-state index in [9.17, 15) is 9.59 Å². The predicted molar refractivity (Wildman–Crippen MR) is 77.0 cm³/mol. The molecule has 0 spiro atoms. The maximum atomic E-state index is 11.3. The highest BCUT2D eigenvalue weighted by molar-refractivity contribution is 5.68. The molecule has 0 saturated heterocycles. The van der Waals surface area contributed by atoms with Crippen LogP contribution in [0.15, 0.2) is 0 Å². The standard InChI is InChI=1S/C14H28N2O4/c15-11-7-8-12-16-20-14(19)10-6-4-2-1-3-5-9-13(17)18/h16H,1-12,15H2,(H,17,18). The Morgan fingerprint density at radius 1 is 0.900 bits per heavy atom. The molecule has 6 nitrogen and oxygen atoms in total. The van der Waals surface area contributed by atoms with Crippen molar-refractivity contribution in [2.75, 3.05) is 13.1 Å². The van der Waals surface area contributed by atoms with Crippen LogP contribution in [0.3, 0.4) is 0 Å². The molecule has 0 saturated carbocycles. The average Bonchev–Trinajstić information content (AvgIpc) is 2.41. The van der Waals surface area contributed by atoms with E-state index < -0.39 is 5.97 Å². The molecule has 4 N–H and O–H groups in total. The lowest BCUT2D eigenvalue weighted by Crippen LogP contribution is -2.21. The number of aliphatic carboxylic acids is 1. The third-order valence-electron chi connectivity index (χ3n) is 2.94. The van der Waals surface area contributed by atoms with Gasteiger partial charge in [-0.25, -0.2) is 0 Å². The largest absolute Gasteiger partial charge is 0.481 e. The number of unbranched alkanes of at least 4 members (excludes halogenated alkanes) is 6. The SMILES string of the molecule is NCCCCNOC(=O)CCCCCCCCC(=O)O. The number of hydrogen-bond acceptors (Lipinski definition) is 5. The summed E-state index contributed by atoms with van der Waals surface area (Å²) in [5, 5.41) is 8.47. The van der Waals surface area contributed by atoms with Gasteiger partial charge in [0.05, 0.1) is 0 Å². The smallest absolute Gasteiger partial charge is 0.324 e. The van der Waals surface area contributed by atoms with Crippen LogP contribution >= 0.6 is 0 Å². The van der Waals surface area contributed by atoms with Crippen molar-refractivity contribution in [3.63, 3.8) is 0 Å². The van der Waals surface area contributed by atoms with Gasteiger partial charge in [-0.05, 0) is 32.2 Å². The van der Waals surface area contributed by atoms with Crippen LogP contribution in [-0.2, 0) is 14.4 Å². The van der Waals surface area contributed by atoms with Crippen molar-refractivity contribution < 1.29 is 19.5 Å². The molecule has 0 aromatic rings. The van der Waals surface area contributed by atoms with Crippen molar-refractivity contribution in [2.45, 2.75) is 64.2 Å². The van der Waals surface area contributed by atoms with Crippen LogP contribution in [0.5, 0.6) is 0 Å². The van der Waals surface area contributed by atoms with Gasteiger partial charge in [0.15, 0.2) is 0 Å². The Morgan fingerprint density at radius 3 is 2.10 bits per heavy atom. The van der Waals surface area contributed by atoms with Crippen LogP contribution in [-0.4, -0.2) is 30.1 Å². The van der Waals surface area contributed by atoms with E-state index in [2.05, 4.69) is 5.48 Å². The van der Waals surface area contributed by atoms with Gasteiger partial charge in [0.2, 0.25) is 0 Å². The van der Waals surface area contributed by atoms with E-state index in [1.165, 1.54) is 0 Å². The minimum Gasteiger partial charge on any atom is -0.481 e. The fourth-order valence-corrected chi connectivity index (χ4v) is 1.78. The van der Waals surface area contributed by atoms with Crippen LogP contribution in [0.25, 0.3) is 0 Å². The molecular weight excluding hydrogens is 260 g/mol. The highest BCUT2D eigenvalue weighted by atomic mass is 16.7. The van der Waals surface area contributed by atoms with Crippen LogP contribution in [0.2, 0.25) is 0 Å². The number of carbonyl (C=O) groups is 2. The van der Waals surface area contributed by atoms with Crippen molar-refractivity contribution in [1.29, 1.82) is 0 Å². The molecule has 0 aliphatic heterocycles. The second-order valence-corrected chi connectivity index (χ2v) is 4.88. The van der Waals surface area contributed by atoms with Gasteiger partial charge in [-0.2, -0.15) is 5.48 Å². The van der Waals surface area contributed by atoms with Crippen molar-refractivity contribution in [1.82, 2.24) is 5.48 Å². The van der Waals surface area contributed by atoms with Crippen molar-refractivity contribution in [3.8, 4) is 0 Å². The molecule has 0 rings (SSSR count). The van der Waals surface area contributed by atoms with E-state index in [1.54, 1.807) is 0 Å². The maximum Gasteiger partial charge on any atom is 0.324 e. The quantitative estimate of drug-likeness (QED) is 0.334. The molecule has 0 fully saturated rings. The van der Waals surface area contributed by atoms with E-state index in [1.807, 2.05) is 0 Å². The molecule has 0 aliphatic rings. The van der Waals surface area contributed by atoms with Crippen LogP contribution in [0, 0.1) is 0 Å². The van der Waals surface area contributed by atoms with Crippen LogP contribution in [0.4, 0.5) is 0 Å². The first kappa shape index (κ1) is 18.9. The summed E-state index contributed by atoms with van der Waals surface area (Å²) >= 11 is 0. The molecule has 0 aromatic heterocycles. The van der Waals surface area contributed by atoms with Crippen molar-refractivity contribution in [3.05, 3.63) is 0 Å². The minimum atomic E-state index is -0.730. The molecule has 0 radical (unpaired) electrons. The Labute approximate surface area is 121 Å². The zero-order valence-electron chi connectivity index (χ0n) is 12.2. The highest BCUT2D eigenvalue weighted by Crippen LogP contribution is 2.08. The van der Waals surface area contributed by atoms with E-state index in [0.717, 1.165) is 51.4 Å². The Kier molecular flexibility index (Phi) is 13.5. The van der Waals surface area contributed by atoms with E-state index in [4.69, 9.17) is 15.7 Å². The topological polar surface area (TPSA) is 102 Å². The van der Waals surface area contributed by atoms with Gasteiger partial charge in [-0.1, -0.05) is 25.7 Å². The van der Waals surface area contributed by atoms with E-state index in [0.29, 0.717) is 19.5 Å². The molecule has 20 heavy (non-hydrogen) atoms.